The summed E-state index contributed by atoms with van der Waals surface area (Å²) in [6.45, 7) is 0.641. The highest BCUT2D eigenvalue weighted by Gasteiger charge is 2.54. The zero-order valence-corrected chi connectivity index (χ0v) is 14.6. The summed E-state index contributed by atoms with van der Waals surface area (Å²) in [5, 5.41) is 10.0. The van der Waals surface area contributed by atoms with Gasteiger partial charge in [-0.25, -0.2) is 0 Å². The van der Waals surface area contributed by atoms with Crippen LogP contribution in [-0.2, 0) is 5.41 Å². The van der Waals surface area contributed by atoms with Gasteiger partial charge in [0.1, 0.15) is 6.10 Å². The van der Waals surface area contributed by atoms with Crippen LogP contribution in [0.4, 0.5) is 0 Å². The Morgan fingerprint density at radius 1 is 1.52 bits per heavy atom. The van der Waals surface area contributed by atoms with E-state index in [1.54, 1.807) is 18.1 Å². The zero-order valence-electron chi connectivity index (χ0n) is 13.0. The lowest BCUT2D eigenvalue weighted by Gasteiger charge is -2.35. The lowest BCUT2D eigenvalue weighted by atomic mass is 9.69. The Morgan fingerprint density at radius 3 is 3.04 bits per heavy atom. The van der Waals surface area contributed by atoms with Crippen molar-refractivity contribution in [2.45, 2.75) is 30.5 Å². The molecule has 1 aromatic carbocycles. The van der Waals surface area contributed by atoms with E-state index in [0.717, 1.165) is 16.5 Å². The van der Waals surface area contributed by atoms with Crippen LogP contribution in [0.3, 0.4) is 0 Å². The van der Waals surface area contributed by atoms with Gasteiger partial charge in [0.05, 0.1) is 24.2 Å². The number of ether oxygens (including phenoxy) is 2. The third-order valence-electron chi connectivity index (χ3n) is 5.21. The lowest BCUT2D eigenvalue weighted by molar-refractivity contribution is 0.0730. The number of halogens is 1. The fraction of sp³-hybridized carbons (Fsp3) is 0.471. The molecule has 0 radical (unpaired) electrons. The molecule has 1 amide bonds. The van der Waals surface area contributed by atoms with Crippen molar-refractivity contribution >= 4 is 21.8 Å². The average molecular weight is 380 g/mol. The summed E-state index contributed by atoms with van der Waals surface area (Å²) < 4.78 is 12.4. The van der Waals surface area contributed by atoms with Gasteiger partial charge in [-0.15, -0.1) is 0 Å². The van der Waals surface area contributed by atoms with E-state index in [2.05, 4.69) is 15.9 Å². The highest BCUT2D eigenvalue weighted by Crippen LogP contribution is 2.57. The predicted octanol–water partition coefficient (Wildman–Crippen LogP) is 2.25. The second kappa shape index (κ2) is 4.98. The summed E-state index contributed by atoms with van der Waals surface area (Å²) in [5.41, 5.74) is 1.15. The summed E-state index contributed by atoms with van der Waals surface area (Å²) in [4.78, 5) is 14.6. The number of rotatable bonds is 1. The van der Waals surface area contributed by atoms with Crippen LogP contribution in [0.5, 0.6) is 11.5 Å². The first-order valence-corrected chi connectivity index (χ1v) is 8.47. The molecule has 1 aromatic rings. The fourth-order valence-electron chi connectivity index (χ4n) is 3.98. The minimum Gasteiger partial charge on any atom is -0.493 e. The van der Waals surface area contributed by atoms with Gasteiger partial charge in [0.15, 0.2) is 11.5 Å². The number of methoxy groups -OCH3 is 1. The van der Waals surface area contributed by atoms with E-state index < -0.39 is 6.10 Å². The highest BCUT2D eigenvalue weighted by atomic mass is 79.9. The maximum absolute atomic E-state index is 12.8. The summed E-state index contributed by atoms with van der Waals surface area (Å²) in [5.74, 6) is 1.24. The van der Waals surface area contributed by atoms with Crippen LogP contribution in [0.2, 0.25) is 0 Å². The predicted molar refractivity (Wildman–Crippen MR) is 88.1 cm³/mol. The van der Waals surface area contributed by atoms with Gasteiger partial charge in [0.2, 0.25) is 0 Å². The molecular weight excluding hydrogens is 362 g/mol. The number of hydrogen-bond donors (Lipinski definition) is 1. The number of hydrogen-bond acceptors (Lipinski definition) is 4. The van der Waals surface area contributed by atoms with Crippen LogP contribution in [0, 0.1) is 0 Å². The van der Waals surface area contributed by atoms with Crippen molar-refractivity contribution in [1.29, 1.82) is 0 Å². The molecular formula is C17H18BrNO4. The number of carbonyl (C=O) groups excluding carboxylic acids is 1. The maximum Gasteiger partial charge on any atom is 0.255 e. The smallest absolute Gasteiger partial charge is 0.255 e. The second-order valence-corrected chi connectivity index (χ2v) is 7.28. The molecule has 3 aliphatic rings. The number of aliphatic hydroxyl groups excluding tert-OH is 1. The van der Waals surface area contributed by atoms with Crippen LogP contribution in [-0.4, -0.2) is 48.8 Å². The molecule has 0 aromatic heterocycles. The Bertz CT molecular complexity index is 732. The maximum atomic E-state index is 12.8. The van der Waals surface area contributed by atoms with Gasteiger partial charge in [-0.3, -0.25) is 4.79 Å². The van der Waals surface area contributed by atoms with Crippen LogP contribution in [0.1, 0.15) is 28.8 Å². The van der Waals surface area contributed by atoms with Crippen LogP contribution >= 0.6 is 15.9 Å². The molecule has 4 rings (SSSR count). The van der Waals surface area contributed by atoms with Gasteiger partial charge < -0.3 is 19.5 Å². The van der Waals surface area contributed by atoms with E-state index in [9.17, 15) is 9.90 Å². The first-order valence-electron chi connectivity index (χ1n) is 7.68. The summed E-state index contributed by atoms with van der Waals surface area (Å²) >= 11 is 3.53. The Labute approximate surface area is 143 Å². The molecule has 1 aliphatic carbocycles. The van der Waals surface area contributed by atoms with E-state index in [1.165, 1.54) is 0 Å². The van der Waals surface area contributed by atoms with Crippen molar-refractivity contribution in [3.05, 3.63) is 33.8 Å². The van der Waals surface area contributed by atoms with Crippen molar-refractivity contribution in [1.82, 2.24) is 4.90 Å². The molecule has 2 aliphatic heterocycles. The summed E-state index contributed by atoms with van der Waals surface area (Å²) in [7, 11) is 3.42. The molecule has 0 saturated heterocycles. The Hall–Kier alpha value is -1.53. The van der Waals surface area contributed by atoms with Crippen molar-refractivity contribution in [3.8, 4) is 11.5 Å². The first kappa shape index (κ1) is 15.0. The molecule has 1 N–H and O–H groups in total. The molecule has 1 spiro atoms. The van der Waals surface area contributed by atoms with Crippen molar-refractivity contribution in [2.24, 2.45) is 0 Å². The lowest BCUT2D eigenvalue weighted by Crippen LogP contribution is -2.42. The van der Waals surface area contributed by atoms with E-state index in [1.807, 2.05) is 19.2 Å². The van der Waals surface area contributed by atoms with E-state index >= 15 is 0 Å². The Morgan fingerprint density at radius 2 is 2.30 bits per heavy atom. The van der Waals surface area contributed by atoms with Gasteiger partial charge in [-0.2, -0.15) is 0 Å². The van der Waals surface area contributed by atoms with Crippen molar-refractivity contribution in [2.75, 3.05) is 20.7 Å². The molecule has 122 valence electrons. The van der Waals surface area contributed by atoms with Crippen LogP contribution in [0.25, 0.3) is 0 Å². The van der Waals surface area contributed by atoms with Gasteiger partial charge >= 0.3 is 0 Å². The van der Waals surface area contributed by atoms with Gasteiger partial charge in [0.25, 0.3) is 5.91 Å². The van der Waals surface area contributed by atoms with Gasteiger partial charge in [-0.1, -0.05) is 12.2 Å². The minimum absolute atomic E-state index is 0.0172. The van der Waals surface area contributed by atoms with Crippen molar-refractivity contribution < 1.29 is 19.4 Å². The van der Waals surface area contributed by atoms with Crippen LogP contribution < -0.4 is 9.47 Å². The molecule has 6 heteroatoms. The molecule has 23 heavy (non-hydrogen) atoms. The van der Waals surface area contributed by atoms with Crippen LogP contribution in [0.15, 0.2) is 22.7 Å². The third-order valence-corrected chi connectivity index (χ3v) is 5.84. The second-order valence-electron chi connectivity index (χ2n) is 6.43. The largest absolute Gasteiger partial charge is 0.493 e. The van der Waals surface area contributed by atoms with Crippen molar-refractivity contribution in [3.63, 3.8) is 0 Å². The standard InChI is InChI=1S/C17H18BrNO4/c1-19-6-5-17-4-3-9(20)7-12(17)23-15-11(22-2)8-10(18)13(14(15)17)16(19)21/h3-4,8-9,12,20H,5-7H2,1-2H3. The first-order chi connectivity index (χ1) is 11.0. The highest BCUT2D eigenvalue weighted by molar-refractivity contribution is 9.10. The average Bonchev–Trinajstić information content (AvgIpc) is 2.80. The third kappa shape index (κ3) is 1.91. The Balaban J connectivity index is 2.05. The minimum atomic E-state index is -0.519. The molecule has 3 unspecified atom stereocenters. The SMILES string of the molecule is COc1cc(Br)c2c3c1OC1CC(O)C=CC31CCN(C)C2=O. The number of carbonyl (C=O) groups is 1. The fourth-order valence-corrected chi connectivity index (χ4v) is 4.56. The Kier molecular flexibility index (Phi) is 3.25. The zero-order chi connectivity index (χ0) is 16.4. The molecule has 5 nitrogen and oxygen atoms in total. The molecule has 2 heterocycles. The molecule has 0 saturated carbocycles. The monoisotopic (exact) mass is 379 g/mol. The van der Waals surface area contributed by atoms with Gasteiger partial charge in [-0.05, 0) is 28.4 Å². The molecule has 3 atom stereocenters. The molecule has 0 bridgehead atoms. The quantitative estimate of drug-likeness (QED) is 0.760. The number of amides is 1. The van der Waals surface area contributed by atoms with Gasteiger partial charge in [0, 0.05) is 30.0 Å². The number of aliphatic hydroxyl groups is 1. The van der Waals surface area contributed by atoms with E-state index in [4.69, 9.17) is 9.47 Å². The molecule has 0 fully saturated rings. The summed E-state index contributed by atoms with van der Waals surface area (Å²) in [6.07, 6.45) is 4.43. The number of nitrogens with zero attached hydrogens (tertiary/aromatic N) is 1. The normalized spacial score (nSPS) is 31.3. The number of benzene rings is 1. The topological polar surface area (TPSA) is 59.0 Å². The van der Waals surface area contributed by atoms with E-state index in [0.29, 0.717) is 30.0 Å². The van der Waals surface area contributed by atoms with E-state index in [-0.39, 0.29) is 17.4 Å². The summed E-state index contributed by atoms with van der Waals surface area (Å²) in [6, 6.07) is 1.79.